The summed E-state index contributed by atoms with van der Waals surface area (Å²) < 4.78 is 1.17. The monoisotopic (exact) mass is 285 g/mol. The predicted octanol–water partition coefficient (Wildman–Crippen LogP) is 3.55. The van der Waals surface area contributed by atoms with Crippen molar-refractivity contribution < 1.29 is 0 Å². The van der Waals surface area contributed by atoms with Crippen LogP contribution in [-0.4, -0.2) is 12.8 Å². The lowest BCUT2D eigenvalue weighted by Gasteiger charge is -2.41. The number of halogens is 1. The van der Waals surface area contributed by atoms with E-state index >= 15 is 0 Å². The van der Waals surface area contributed by atoms with Gasteiger partial charge in [0.2, 0.25) is 0 Å². The number of benzene rings is 1. The third-order valence-electron chi connectivity index (χ3n) is 3.42. The second-order valence-electron chi connectivity index (χ2n) is 4.22. The van der Waals surface area contributed by atoms with Gasteiger partial charge in [-0.05, 0) is 42.9 Å². The molecule has 0 heterocycles. The Morgan fingerprint density at radius 2 is 2.13 bits per heavy atom. The zero-order valence-corrected chi connectivity index (χ0v) is 11.3. The van der Waals surface area contributed by atoms with E-state index in [9.17, 15) is 0 Å². The molecule has 1 saturated carbocycles. The van der Waals surface area contributed by atoms with E-state index in [1.54, 1.807) is 11.8 Å². The highest BCUT2D eigenvalue weighted by Gasteiger charge is 2.37. The Labute approximate surface area is 104 Å². The van der Waals surface area contributed by atoms with Gasteiger partial charge in [0.15, 0.2) is 0 Å². The number of nitrogens with two attached hydrogens (primary N) is 1. The second kappa shape index (κ2) is 4.48. The molecule has 0 aromatic heterocycles. The highest BCUT2D eigenvalue weighted by Crippen LogP contribution is 2.44. The molecule has 0 spiro atoms. The van der Waals surface area contributed by atoms with E-state index in [0.29, 0.717) is 0 Å². The minimum absolute atomic E-state index is 0.272. The van der Waals surface area contributed by atoms with Crippen LogP contribution in [0.15, 0.2) is 27.6 Å². The Morgan fingerprint density at radius 3 is 2.60 bits per heavy atom. The van der Waals surface area contributed by atoms with Crippen LogP contribution < -0.4 is 5.73 Å². The van der Waals surface area contributed by atoms with Gasteiger partial charge in [0.1, 0.15) is 0 Å². The number of rotatable bonds is 3. The molecule has 0 saturated heterocycles. The van der Waals surface area contributed by atoms with Crippen molar-refractivity contribution in [2.75, 3.05) is 12.8 Å². The van der Waals surface area contributed by atoms with E-state index in [0.717, 1.165) is 6.54 Å². The highest BCUT2D eigenvalue weighted by atomic mass is 79.9. The fourth-order valence-corrected chi connectivity index (χ4v) is 3.34. The maximum Gasteiger partial charge on any atom is 0.0189 e. The molecule has 2 N–H and O–H groups in total. The Kier molecular flexibility index (Phi) is 3.43. The summed E-state index contributed by atoms with van der Waals surface area (Å²) >= 11 is 5.36. The topological polar surface area (TPSA) is 26.0 Å². The van der Waals surface area contributed by atoms with E-state index in [2.05, 4.69) is 40.4 Å². The lowest BCUT2D eigenvalue weighted by molar-refractivity contribution is 0.252. The van der Waals surface area contributed by atoms with Gasteiger partial charge in [-0.2, -0.15) is 0 Å². The molecule has 1 nitrogen and oxygen atoms in total. The van der Waals surface area contributed by atoms with Gasteiger partial charge in [-0.25, -0.2) is 0 Å². The van der Waals surface area contributed by atoms with Crippen LogP contribution in [0.4, 0.5) is 0 Å². The molecule has 3 heteroatoms. The third-order valence-corrected chi connectivity index (χ3v) is 4.59. The van der Waals surface area contributed by atoms with E-state index in [1.807, 2.05) is 0 Å². The summed E-state index contributed by atoms with van der Waals surface area (Å²) in [5, 5.41) is 0. The standard InChI is InChI=1S/C12H16BrNS/c1-15-11-6-9(5-10(13)7-11)12(8-14)3-2-4-12/h5-7H,2-4,8,14H2,1H3. The summed E-state index contributed by atoms with van der Waals surface area (Å²) in [6.45, 7) is 0.775. The molecule has 0 amide bonds. The molecule has 0 unspecified atom stereocenters. The maximum atomic E-state index is 5.92. The molecule has 0 aliphatic heterocycles. The van der Waals surface area contributed by atoms with Crippen LogP contribution in [0.5, 0.6) is 0 Å². The van der Waals surface area contributed by atoms with Crippen LogP contribution in [0.25, 0.3) is 0 Å². The lowest BCUT2D eigenvalue weighted by atomic mass is 9.64. The molecule has 15 heavy (non-hydrogen) atoms. The number of thioether (sulfide) groups is 1. The molecule has 1 fully saturated rings. The molecule has 1 aliphatic rings. The summed E-state index contributed by atoms with van der Waals surface area (Å²) in [4.78, 5) is 1.32. The van der Waals surface area contributed by atoms with Gasteiger partial charge < -0.3 is 5.73 Å². The van der Waals surface area contributed by atoms with Crippen LogP contribution in [0.1, 0.15) is 24.8 Å². The van der Waals surface area contributed by atoms with E-state index in [-0.39, 0.29) is 5.41 Å². The number of hydrogen-bond donors (Lipinski definition) is 1. The van der Waals surface area contributed by atoms with Gasteiger partial charge in [0, 0.05) is 21.3 Å². The third kappa shape index (κ3) is 2.10. The summed E-state index contributed by atoms with van der Waals surface area (Å²) in [6, 6.07) is 6.68. The predicted molar refractivity (Wildman–Crippen MR) is 70.5 cm³/mol. The zero-order chi connectivity index (χ0) is 10.9. The first-order valence-corrected chi connectivity index (χ1v) is 7.27. The largest absolute Gasteiger partial charge is 0.330 e. The van der Waals surface area contributed by atoms with Crippen molar-refractivity contribution >= 4 is 27.7 Å². The van der Waals surface area contributed by atoms with Crippen LogP contribution in [-0.2, 0) is 5.41 Å². The SMILES string of the molecule is CSc1cc(Br)cc(C2(CN)CCC2)c1. The van der Waals surface area contributed by atoms with Crippen molar-refractivity contribution in [2.24, 2.45) is 5.73 Å². The van der Waals surface area contributed by atoms with Crippen molar-refractivity contribution in [3.8, 4) is 0 Å². The Morgan fingerprint density at radius 1 is 1.40 bits per heavy atom. The molecule has 0 atom stereocenters. The summed E-state index contributed by atoms with van der Waals surface area (Å²) in [6.07, 6.45) is 5.92. The summed E-state index contributed by atoms with van der Waals surface area (Å²) in [5.74, 6) is 0. The number of hydrogen-bond acceptors (Lipinski definition) is 2. The molecule has 1 aromatic rings. The molecule has 1 aliphatic carbocycles. The molecule has 82 valence electrons. The Balaban J connectivity index is 2.38. The van der Waals surface area contributed by atoms with E-state index in [1.165, 1.54) is 34.2 Å². The van der Waals surface area contributed by atoms with Crippen molar-refractivity contribution in [1.82, 2.24) is 0 Å². The van der Waals surface area contributed by atoms with Crippen LogP contribution >= 0.6 is 27.7 Å². The average molecular weight is 286 g/mol. The maximum absolute atomic E-state index is 5.92. The first kappa shape index (κ1) is 11.5. The van der Waals surface area contributed by atoms with E-state index in [4.69, 9.17) is 5.73 Å². The first-order valence-electron chi connectivity index (χ1n) is 5.25. The summed E-state index contributed by atoms with van der Waals surface area (Å²) in [7, 11) is 0. The van der Waals surface area contributed by atoms with Crippen molar-refractivity contribution in [1.29, 1.82) is 0 Å². The molecule has 1 aromatic carbocycles. The second-order valence-corrected chi connectivity index (χ2v) is 6.01. The first-order chi connectivity index (χ1) is 7.20. The van der Waals surface area contributed by atoms with Crippen LogP contribution in [0.3, 0.4) is 0 Å². The fourth-order valence-electron chi connectivity index (χ4n) is 2.20. The lowest BCUT2D eigenvalue weighted by Crippen LogP contribution is -2.41. The van der Waals surface area contributed by atoms with Crippen LogP contribution in [0, 0.1) is 0 Å². The Bertz CT molecular complexity index is 355. The van der Waals surface area contributed by atoms with Gasteiger partial charge in [-0.1, -0.05) is 22.4 Å². The molecular formula is C12H16BrNS. The van der Waals surface area contributed by atoms with Gasteiger partial charge in [-0.3, -0.25) is 0 Å². The molecular weight excluding hydrogens is 270 g/mol. The van der Waals surface area contributed by atoms with Crippen molar-refractivity contribution in [3.63, 3.8) is 0 Å². The quantitative estimate of drug-likeness (QED) is 0.860. The minimum atomic E-state index is 0.272. The molecule has 2 rings (SSSR count). The normalized spacial score (nSPS) is 18.6. The van der Waals surface area contributed by atoms with Crippen molar-refractivity contribution in [2.45, 2.75) is 29.6 Å². The van der Waals surface area contributed by atoms with Crippen LogP contribution in [0.2, 0.25) is 0 Å². The smallest absolute Gasteiger partial charge is 0.0189 e. The summed E-state index contributed by atoms with van der Waals surface area (Å²) in [5.41, 5.74) is 7.60. The molecule has 0 bridgehead atoms. The van der Waals surface area contributed by atoms with Gasteiger partial charge in [0.05, 0.1) is 0 Å². The highest BCUT2D eigenvalue weighted by molar-refractivity contribution is 9.10. The van der Waals surface area contributed by atoms with Gasteiger partial charge in [0.25, 0.3) is 0 Å². The van der Waals surface area contributed by atoms with E-state index < -0.39 is 0 Å². The Hall–Kier alpha value is 0.01000. The fraction of sp³-hybridized carbons (Fsp3) is 0.500. The minimum Gasteiger partial charge on any atom is -0.330 e. The molecule has 0 radical (unpaired) electrons. The van der Waals surface area contributed by atoms with Crippen molar-refractivity contribution in [3.05, 3.63) is 28.2 Å². The van der Waals surface area contributed by atoms with Gasteiger partial charge in [-0.15, -0.1) is 11.8 Å². The van der Waals surface area contributed by atoms with Gasteiger partial charge >= 0.3 is 0 Å². The average Bonchev–Trinajstić information content (AvgIpc) is 2.16. The zero-order valence-electron chi connectivity index (χ0n) is 8.92.